The van der Waals surface area contributed by atoms with Gasteiger partial charge >= 0.3 is 5.69 Å². The summed E-state index contributed by atoms with van der Waals surface area (Å²) in [7, 11) is 0.295. The van der Waals surface area contributed by atoms with Crippen LogP contribution in [0.1, 0.15) is 40.3 Å². The minimum Gasteiger partial charge on any atom is -0.351 e. The topological polar surface area (TPSA) is 85.8 Å². The summed E-state index contributed by atoms with van der Waals surface area (Å²) in [5.41, 5.74) is -0.992. The molecule has 1 N–H and O–H groups in total. The molecule has 9 heteroatoms. The molecule has 0 spiro atoms. The molecule has 140 valence electrons. The molecular weight excluding hydrogens is 345 g/mol. The maximum absolute atomic E-state index is 11.9. The summed E-state index contributed by atoms with van der Waals surface area (Å²) in [5, 5.41) is 0. The van der Waals surface area contributed by atoms with Gasteiger partial charge in [0.2, 0.25) is 0 Å². The summed E-state index contributed by atoms with van der Waals surface area (Å²) in [6.07, 6.45) is 0.0816. The average molecular weight is 371 g/mol. The summed E-state index contributed by atoms with van der Waals surface area (Å²) in [5.74, 6) is 0. The lowest BCUT2D eigenvalue weighted by Gasteiger charge is -2.36. The SMILES string of the molecule is [CH][C@H]1O[C@@H](n2ccc(=O)[nH]c2=O)CC1OP(OC)N(C(C)C)C(C)C. The van der Waals surface area contributed by atoms with Gasteiger partial charge in [0, 0.05) is 37.9 Å². The largest absolute Gasteiger partial charge is 0.351 e. The molecule has 1 aliphatic heterocycles. The Balaban J connectivity index is 2.12. The number of aromatic nitrogens is 2. The van der Waals surface area contributed by atoms with E-state index in [-0.39, 0.29) is 12.1 Å². The summed E-state index contributed by atoms with van der Waals surface area (Å²) < 4.78 is 20.8. The van der Waals surface area contributed by atoms with Crippen LogP contribution in [0.5, 0.6) is 0 Å². The number of H-pyrrole nitrogens is 1. The van der Waals surface area contributed by atoms with Gasteiger partial charge in [-0.3, -0.25) is 14.3 Å². The van der Waals surface area contributed by atoms with Crippen LogP contribution in [0, 0.1) is 6.92 Å². The molecule has 0 aliphatic carbocycles. The number of ether oxygens (including phenoxy) is 1. The van der Waals surface area contributed by atoms with Gasteiger partial charge in [-0.05, 0) is 34.6 Å². The molecule has 1 aromatic heterocycles. The number of hydrogen-bond donors (Lipinski definition) is 1. The average Bonchev–Trinajstić information content (AvgIpc) is 2.86. The monoisotopic (exact) mass is 371 g/mol. The van der Waals surface area contributed by atoms with Crippen molar-refractivity contribution >= 4 is 8.53 Å². The molecule has 1 aromatic rings. The van der Waals surface area contributed by atoms with E-state index in [1.807, 2.05) is 0 Å². The lowest BCUT2D eigenvalue weighted by Crippen LogP contribution is -2.35. The summed E-state index contributed by atoms with van der Waals surface area (Å²) in [4.78, 5) is 25.3. The Morgan fingerprint density at radius 3 is 2.52 bits per heavy atom. The van der Waals surface area contributed by atoms with Crippen LogP contribution in [-0.2, 0) is 13.8 Å². The zero-order valence-corrected chi connectivity index (χ0v) is 16.1. The molecule has 25 heavy (non-hydrogen) atoms. The molecule has 2 rings (SSSR count). The van der Waals surface area contributed by atoms with Gasteiger partial charge in [-0.15, -0.1) is 0 Å². The van der Waals surface area contributed by atoms with Gasteiger partial charge in [0.25, 0.3) is 14.1 Å². The van der Waals surface area contributed by atoms with Gasteiger partial charge in [0.15, 0.2) is 0 Å². The summed E-state index contributed by atoms with van der Waals surface area (Å²) >= 11 is 0. The Labute approximate surface area is 149 Å². The van der Waals surface area contributed by atoms with Crippen molar-refractivity contribution in [3.05, 3.63) is 40.0 Å². The lowest BCUT2D eigenvalue weighted by molar-refractivity contribution is 0.00478. The molecule has 1 fully saturated rings. The fraction of sp³-hybridized carbons (Fsp3) is 0.688. The number of aromatic amines is 1. The highest BCUT2D eigenvalue weighted by atomic mass is 31.2. The maximum atomic E-state index is 11.9. The van der Waals surface area contributed by atoms with Crippen molar-refractivity contribution in [1.82, 2.24) is 14.2 Å². The normalized spacial score (nSPS) is 25.2. The van der Waals surface area contributed by atoms with Crippen LogP contribution in [-0.4, -0.2) is 45.6 Å². The first-order chi connectivity index (χ1) is 11.7. The van der Waals surface area contributed by atoms with Crippen molar-refractivity contribution < 1.29 is 13.8 Å². The van der Waals surface area contributed by atoms with Crippen molar-refractivity contribution in [3.8, 4) is 0 Å². The van der Waals surface area contributed by atoms with Crippen molar-refractivity contribution in [2.75, 3.05) is 7.11 Å². The Hall–Kier alpha value is -1.05. The highest BCUT2D eigenvalue weighted by Crippen LogP contribution is 2.48. The first-order valence-electron chi connectivity index (χ1n) is 8.26. The van der Waals surface area contributed by atoms with Gasteiger partial charge in [-0.2, -0.15) is 0 Å². The van der Waals surface area contributed by atoms with Gasteiger partial charge in [0.05, 0.1) is 12.2 Å². The molecule has 8 nitrogen and oxygen atoms in total. The van der Waals surface area contributed by atoms with Crippen LogP contribution in [0.4, 0.5) is 0 Å². The van der Waals surface area contributed by atoms with Gasteiger partial charge < -0.3 is 13.8 Å². The van der Waals surface area contributed by atoms with Crippen molar-refractivity contribution in [2.45, 2.75) is 64.6 Å². The van der Waals surface area contributed by atoms with Gasteiger partial charge in [0.1, 0.15) is 6.23 Å². The Kier molecular flexibility index (Phi) is 6.93. The van der Waals surface area contributed by atoms with Crippen LogP contribution >= 0.6 is 8.53 Å². The van der Waals surface area contributed by atoms with E-state index in [2.05, 4.69) is 37.3 Å². The van der Waals surface area contributed by atoms with E-state index in [0.29, 0.717) is 6.42 Å². The van der Waals surface area contributed by atoms with Crippen molar-refractivity contribution in [1.29, 1.82) is 0 Å². The molecule has 1 aliphatic rings. The third-order valence-corrected chi connectivity index (χ3v) is 5.97. The lowest BCUT2D eigenvalue weighted by atomic mass is 10.2. The number of nitrogens with zero attached hydrogens (tertiary/aromatic N) is 2. The zero-order valence-electron chi connectivity index (χ0n) is 15.2. The fourth-order valence-corrected chi connectivity index (χ4v) is 4.45. The number of hydrogen-bond acceptors (Lipinski definition) is 6. The molecule has 0 saturated carbocycles. The Morgan fingerprint density at radius 1 is 1.36 bits per heavy atom. The van der Waals surface area contributed by atoms with Crippen molar-refractivity contribution in [2.24, 2.45) is 0 Å². The number of rotatable bonds is 7. The van der Waals surface area contributed by atoms with E-state index < -0.39 is 38.2 Å². The van der Waals surface area contributed by atoms with E-state index in [0.717, 1.165) is 0 Å². The second-order valence-electron chi connectivity index (χ2n) is 6.44. The van der Waals surface area contributed by atoms with Crippen LogP contribution in [0.15, 0.2) is 21.9 Å². The Morgan fingerprint density at radius 2 is 2.00 bits per heavy atom. The van der Waals surface area contributed by atoms with Gasteiger partial charge in [-0.1, -0.05) is 0 Å². The third-order valence-electron chi connectivity index (χ3n) is 3.90. The van der Waals surface area contributed by atoms with Crippen LogP contribution < -0.4 is 11.2 Å². The molecular formula is C16H26N3O5P. The summed E-state index contributed by atoms with van der Waals surface area (Å²) in [6, 6.07) is 1.75. The quantitative estimate of drug-likeness (QED) is 0.737. The second kappa shape index (κ2) is 8.56. The fourth-order valence-electron chi connectivity index (χ4n) is 2.87. The Bertz CT molecular complexity index is 666. The third kappa shape index (κ3) is 4.77. The first-order valence-corrected chi connectivity index (χ1v) is 9.39. The smallest absolute Gasteiger partial charge is 0.330 e. The number of nitrogens with one attached hydrogen (secondary N) is 1. The highest BCUT2D eigenvalue weighted by Gasteiger charge is 2.39. The predicted molar refractivity (Wildman–Crippen MR) is 95.1 cm³/mol. The van der Waals surface area contributed by atoms with E-state index in [4.69, 9.17) is 20.7 Å². The molecule has 4 atom stereocenters. The van der Waals surface area contributed by atoms with E-state index in [9.17, 15) is 9.59 Å². The predicted octanol–water partition coefficient (Wildman–Crippen LogP) is 1.91. The minimum atomic E-state index is -1.31. The molecule has 1 saturated heterocycles. The standard InChI is InChI=1S/C16H26N3O5P/c1-10(2)19(11(3)4)25(22-6)24-13-9-15(23-12(13)5)18-8-7-14(20)17-16(18)21/h5,7-8,10-13,15H,9H2,1-4,6H3,(H,17,20,21)/t12-,13?,15-,25?/m1/s1. The molecule has 2 heterocycles. The minimum absolute atomic E-state index is 0.238. The zero-order chi connectivity index (χ0) is 18.7. The van der Waals surface area contributed by atoms with E-state index in [1.165, 1.54) is 16.8 Å². The molecule has 0 bridgehead atoms. The van der Waals surface area contributed by atoms with Crippen LogP contribution in [0.3, 0.4) is 0 Å². The first kappa shape index (κ1) is 20.3. The van der Waals surface area contributed by atoms with Crippen LogP contribution in [0.2, 0.25) is 0 Å². The van der Waals surface area contributed by atoms with Gasteiger partial charge in [-0.25, -0.2) is 9.46 Å². The van der Waals surface area contributed by atoms with Crippen LogP contribution in [0.25, 0.3) is 0 Å². The van der Waals surface area contributed by atoms with E-state index >= 15 is 0 Å². The molecule has 0 aromatic carbocycles. The second-order valence-corrected chi connectivity index (χ2v) is 7.95. The highest BCUT2D eigenvalue weighted by molar-refractivity contribution is 7.44. The maximum Gasteiger partial charge on any atom is 0.330 e. The molecule has 0 amide bonds. The van der Waals surface area contributed by atoms with E-state index in [1.54, 1.807) is 7.11 Å². The van der Waals surface area contributed by atoms with Crippen molar-refractivity contribution in [3.63, 3.8) is 0 Å². The molecule has 2 radical (unpaired) electrons. The molecule has 2 unspecified atom stereocenters. The summed E-state index contributed by atoms with van der Waals surface area (Å²) in [6.45, 7) is 14.3.